The van der Waals surface area contributed by atoms with Crippen LogP contribution >= 0.6 is 0 Å². The van der Waals surface area contributed by atoms with Gasteiger partial charge in [0, 0.05) is 31.0 Å². The van der Waals surface area contributed by atoms with Crippen LogP contribution in [0.2, 0.25) is 0 Å². The highest BCUT2D eigenvalue weighted by molar-refractivity contribution is 5.98. The van der Waals surface area contributed by atoms with Crippen molar-refractivity contribution in [3.63, 3.8) is 0 Å². The molecule has 1 atom stereocenters. The fourth-order valence-electron chi connectivity index (χ4n) is 3.04. The third-order valence-corrected chi connectivity index (χ3v) is 4.18. The molecule has 1 aromatic carbocycles. The van der Waals surface area contributed by atoms with Crippen molar-refractivity contribution < 1.29 is 19.1 Å². The van der Waals surface area contributed by atoms with Crippen LogP contribution in [0.4, 0.5) is 4.79 Å². The van der Waals surface area contributed by atoms with E-state index in [0.29, 0.717) is 31.7 Å². The third-order valence-electron chi connectivity index (χ3n) is 4.18. The topological polar surface area (TPSA) is 55.8 Å². The number of benzene rings is 1. The highest BCUT2D eigenvalue weighted by Crippen LogP contribution is 2.29. The van der Waals surface area contributed by atoms with Crippen LogP contribution < -0.4 is 4.74 Å². The molecule has 1 amide bonds. The Balaban J connectivity index is 1.64. The lowest BCUT2D eigenvalue weighted by Gasteiger charge is -2.24. The number of fused-ring (bicyclic) bond motifs is 1. The predicted octanol–water partition coefficient (Wildman–Crippen LogP) is 3.06. The number of carbonyl (C=O) groups is 2. The van der Waals surface area contributed by atoms with E-state index in [-0.39, 0.29) is 17.8 Å². The molecule has 0 aromatic heterocycles. The van der Waals surface area contributed by atoms with Gasteiger partial charge in [-0.05, 0) is 51.0 Å². The fraction of sp³-hybridized carbons (Fsp3) is 0.556. The van der Waals surface area contributed by atoms with Gasteiger partial charge in [-0.25, -0.2) is 4.79 Å². The summed E-state index contributed by atoms with van der Waals surface area (Å²) in [6, 6.07) is 5.62. The normalized spacial score (nSPS) is 20.1. The van der Waals surface area contributed by atoms with E-state index in [2.05, 4.69) is 0 Å². The average Bonchev–Trinajstić information content (AvgIpc) is 3.13. The minimum atomic E-state index is -0.515. The second-order valence-corrected chi connectivity index (χ2v) is 7.20. The lowest BCUT2D eigenvalue weighted by atomic mass is 9.95. The Kier molecular flexibility index (Phi) is 4.04. The minimum Gasteiger partial charge on any atom is -0.493 e. The fourth-order valence-corrected chi connectivity index (χ4v) is 3.04. The number of Topliss-reactive ketones (excluding diaryl/α,β-unsaturated/α-hetero) is 1. The smallest absolute Gasteiger partial charge is 0.410 e. The van der Waals surface area contributed by atoms with E-state index in [1.54, 1.807) is 4.90 Å². The van der Waals surface area contributed by atoms with Gasteiger partial charge in [-0.3, -0.25) is 4.79 Å². The summed E-state index contributed by atoms with van der Waals surface area (Å²) in [6.07, 6.45) is 1.20. The van der Waals surface area contributed by atoms with Crippen molar-refractivity contribution in [3.05, 3.63) is 29.3 Å². The number of nitrogens with zero attached hydrogens (tertiary/aromatic N) is 1. The molecular formula is C18H23NO4. The molecular weight excluding hydrogens is 294 g/mol. The van der Waals surface area contributed by atoms with E-state index >= 15 is 0 Å². The van der Waals surface area contributed by atoms with Crippen molar-refractivity contribution in [2.45, 2.75) is 39.2 Å². The van der Waals surface area contributed by atoms with Crippen molar-refractivity contribution in [2.24, 2.45) is 5.92 Å². The number of rotatable bonds is 2. The first kappa shape index (κ1) is 15.8. The van der Waals surface area contributed by atoms with Crippen LogP contribution in [0.1, 0.15) is 43.1 Å². The van der Waals surface area contributed by atoms with Gasteiger partial charge in [0.05, 0.1) is 6.61 Å². The van der Waals surface area contributed by atoms with Gasteiger partial charge in [0.1, 0.15) is 11.4 Å². The van der Waals surface area contributed by atoms with Crippen LogP contribution in [0, 0.1) is 5.92 Å². The van der Waals surface area contributed by atoms with Crippen LogP contribution in [-0.2, 0) is 11.2 Å². The molecule has 1 aromatic rings. The van der Waals surface area contributed by atoms with Gasteiger partial charge in [0.15, 0.2) is 5.78 Å². The summed E-state index contributed by atoms with van der Waals surface area (Å²) in [5, 5.41) is 0. The maximum absolute atomic E-state index is 12.7. The summed E-state index contributed by atoms with van der Waals surface area (Å²) >= 11 is 0. The number of hydrogen-bond acceptors (Lipinski definition) is 4. The SMILES string of the molecule is CC(C)(C)OC(=O)N1CCC(C(=O)c2ccc3c(c2)CCO3)C1. The lowest BCUT2D eigenvalue weighted by molar-refractivity contribution is 0.0289. The van der Waals surface area contributed by atoms with E-state index in [1.165, 1.54) is 0 Å². The third kappa shape index (κ3) is 3.49. The summed E-state index contributed by atoms with van der Waals surface area (Å²) in [5.74, 6) is 0.831. The number of likely N-dealkylation sites (tertiary alicyclic amines) is 1. The minimum absolute atomic E-state index is 0.103. The van der Waals surface area contributed by atoms with Gasteiger partial charge in [0.25, 0.3) is 0 Å². The molecule has 5 heteroatoms. The summed E-state index contributed by atoms with van der Waals surface area (Å²) in [4.78, 5) is 26.4. The Bertz CT molecular complexity index is 632. The van der Waals surface area contributed by atoms with Crippen molar-refractivity contribution >= 4 is 11.9 Å². The Morgan fingerprint density at radius 2 is 2.09 bits per heavy atom. The summed E-state index contributed by atoms with van der Waals surface area (Å²) in [7, 11) is 0. The molecule has 0 spiro atoms. The second kappa shape index (κ2) is 5.87. The zero-order valence-electron chi connectivity index (χ0n) is 13.9. The number of ketones is 1. The zero-order chi connectivity index (χ0) is 16.6. The van der Waals surface area contributed by atoms with Crippen LogP contribution in [0.3, 0.4) is 0 Å². The maximum Gasteiger partial charge on any atom is 0.410 e. The molecule has 2 aliphatic rings. The first-order valence-corrected chi connectivity index (χ1v) is 8.11. The summed E-state index contributed by atoms with van der Waals surface area (Å²) in [6.45, 7) is 7.21. The number of amides is 1. The number of ether oxygens (including phenoxy) is 2. The predicted molar refractivity (Wildman–Crippen MR) is 85.9 cm³/mol. The summed E-state index contributed by atoms with van der Waals surface area (Å²) in [5.41, 5.74) is 1.29. The van der Waals surface area contributed by atoms with Gasteiger partial charge in [-0.2, -0.15) is 0 Å². The first-order chi connectivity index (χ1) is 10.8. The molecule has 1 saturated heterocycles. The molecule has 0 saturated carbocycles. The van der Waals surface area contributed by atoms with E-state index in [9.17, 15) is 9.59 Å². The molecule has 1 fully saturated rings. The van der Waals surface area contributed by atoms with Crippen molar-refractivity contribution in [2.75, 3.05) is 19.7 Å². The van der Waals surface area contributed by atoms with Crippen LogP contribution in [-0.4, -0.2) is 42.1 Å². The Hall–Kier alpha value is -2.04. The molecule has 3 rings (SSSR count). The molecule has 2 aliphatic heterocycles. The van der Waals surface area contributed by atoms with Crippen molar-refractivity contribution in [1.82, 2.24) is 4.90 Å². The van der Waals surface area contributed by atoms with Crippen LogP contribution in [0.5, 0.6) is 5.75 Å². The highest BCUT2D eigenvalue weighted by Gasteiger charge is 2.34. The molecule has 124 valence electrons. The van der Waals surface area contributed by atoms with E-state index < -0.39 is 5.60 Å². The molecule has 0 bridgehead atoms. The molecule has 0 radical (unpaired) electrons. The Morgan fingerprint density at radius 1 is 1.30 bits per heavy atom. The van der Waals surface area contributed by atoms with Gasteiger partial charge < -0.3 is 14.4 Å². The molecule has 1 unspecified atom stereocenters. The monoisotopic (exact) mass is 317 g/mol. The largest absolute Gasteiger partial charge is 0.493 e. The summed E-state index contributed by atoms with van der Waals surface area (Å²) < 4.78 is 10.8. The van der Waals surface area contributed by atoms with E-state index in [1.807, 2.05) is 39.0 Å². The zero-order valence-corrected chi connectivity index (χ0v) is 13.9. The van der Waals surface area contributed by atoms with Crippen LogP contribution in [0.25, 0.3) is 0 Å². The van der Waals surface area contributed by atoms with Gasteiger partial charge in [-0.15, -0.1) is 0 Å². The molecule has 23 heavy (non-hydrogen) atoms. The Morgan fingerprint density at radius 3 is 2.83 bits per heavy atom. The second-order valence-electron chi connectivity index (χ2n) is 7.20. The van der Waals surface area contributed by atoms with E-state index in [0.717, 1.165) is 17.7 Å². The molecule has 2 heterocycles. The van der Waals surface area contributed by atoms with Gasteiger partial charge >= 0.3 is 6.09 Å². The van der Waals surface area contributed by atoms with Crippen molar-refractivity contribution in [1.29, 1.82) is 0 Å². The maximum atomic E-state index is 12.7. The quantitative estimate of drug-likeness (QED) is 0.787. The van der Waals surface area contributed by atoms with Crippen molar-refractivity contribution in [3.8, 4) is 5.75 Å². The molecule has 0 N–H and O–H groups in total. The number of hydrogen-bond donors (Lipinski definition) is 0. The van der Waals surface area contributed by atoms with Gasteiger partial charge in [-0.1, -0.05) is 0 Å². The number of carbonyl (C=O) groups excluding carboxylic acids is 2. The molecule has 5 nitrogen and oxygen atoms in total. The van der Waals surface area contributed by atoms with E-state index in [4.69, 9.17) is 9.47 Å². The van der Waals surface area contributed by atoms with Gasteiger partial charge in [0.2, 0.25) is 0 Å². The standard InChI is InChI=1S/C18H23NO4/c1-18(2,3)23-17(21)19-8-6-14(11-19)16(20)13-4-5-15-12(10-13)7-9-22-15/h4-5,10,14H,6-9,11H2,1-3H3. The highest BCUT2D eigenvalue weighted by atomic mass is 16.6. The Labute approximate surface area is 136 Å². The lowest BCUT2D eigenvalue weighted by Crippen LogP contribution is -2.35. The molecule has 0 aliphatic carbocycles. The van der Waals surface area contributed by atoms with Crippen LogP contribution in [0.15, 0.2) is 18.2 Å². The first-order valence-electron chi connectivity index (χ1n) is 8.11. The average molecular weight is 317 g/mol.